The number of carbonyl (C=O) groups excluding carboxylic acids is 3. The molecule has 2 heterocycles. The average molecular weight is 417 g/mol. The lowest BCUT2D eigenvalue weighted by Crippen LogP contribution is -2.25. The van der Waals surface area contributed by atoms with Gasteiger partial charge in [-0.15, -0.1) is 5.10 Å². The molecular weight excluding hydrogens is 398 g/mol. The summed E-state index contributed by atoms with van der Waals surface area (Å²) in [5.41, 5.74) is 0.690. The molecule has 29 heavy (non-hydrogen) atoms. The fourth-order valence-corrected chi connectivity index (χ4v) is 3.68. The first-order chi connectivity index (χ1) is 13.9. The van der Waals surface area contributed by atoms with E-state index in [-0.39, 0.29) is 23.3 Å². The third-order valence-corrected chi connectivity index (χ3v) is 4.83. The number of thioether (sulfide) groups is 1. The van der Waals surface area contributed by atoms with Crippen molar-refractivity contribution in [3.8, 4) is 11.5 Å². The number of amides is 2. The molecule has 1 atom stereocenters. The van der Waals surface area contributed by atoms with Crippen molar-refractivity contribution in [1.29, 1.82) is 0 Å². The van der Waals surface area contributed by atoms with Gasteiger partial charge >= 0.3 is 5.97 Å². The molecule has 0 saturated carbocycles. The molecule has 1 aromatic carbocycles. The van der Waals surface area contributed by atoms with Crippen molar-refractivity contribution in [3.63, 3.8) is 0 Å². The number of furan rings is 1. The normalized spacial score (nSPS) is 15.6. The molecule has 1 aliphatic heterocycles. The summed E-state index contributed by atoms with van der Waals surface area (Å²) in [6.45, 7) is 4.90. The Morgan fingerprint density at radius 1 is 1.24 bits per heavy atom. The van der Waals surface area contributed by atoms with E-state index in [1.807, 2.05) is 0 Å². The number of nitrogens with zero attached hydrogens (tertiary/aromatic N) is 2. The standard InChI is InChI=1S/C19H19N3O6S/c1-4-26-16-10-13(7-8-14(16)28-18(25)15-6-5-9-27-15)17-22(12(3)24)21-19(29-17)20-11(2)23/h5-10,17H,4H2,1-3H3,(H,20,21,23)/t17-/m0/s1. The van der Waals surface area contributed by atoms with Crippen LogP contribution in [0.4, 0.5) is 0 Å². The highest BCUT2D eigenvalue weighted by Crippen LogP contribution is 2.41. The molecule has 9 nitrogen and oxygen atoms in total. The van der Waals surface area contributed by atoms with Crippen molar-refractivity contribution in [2.24, 2.45) is 5.10 Å². The third-order valence-electron chi connectivity index (χ3n) is 3.73. The van der Waals surface area contributed by atoms with Gasteiger partial charge in [-0.25, -0.2) is 9.80 Å². The molecule has 1 aliphatic rings. The van der Waals surface area contributed by atoms with E-state index in [9.17, 15) is 14.4 Å². The lowest BCUT2D eigenvalue weighted by molar-refractivity contribution is -0.129. The van der Waals surface area contributed by atoms with Gasteiger partial charge in [-0.3, -0.25) is 9.59 Å². The van der Waals surface area contributed by atoms with Crippen LogP contribution in [0.15, 0.2) is 46.1 Å². The van der Waals surface area contributed by atoms with Crippen molar-refractivity contribution >= 4 is 34.7 Å². The number of ether oxygens (including phenoxy) is 2. The Balaban J connectivity index is 1.86. The van der Waals surface area contributed by atoms with E-state index in [0.717, 1.165) is 0 Å². The summed E-state index contributed by atoms with van der Waals surface area (Å²) < 4.78 is 16.0. The van der Waals surface area contributed by atoms with Crippen LogP contribution in [0.3, 0.4) is 0 Å². The monoisotopic (exact) mass is 417 g/mol. The van der Waals surface area contributed by atoms with Crippen molar-refractivity contribution in [2.75, 3.05) is 6.61 Å². The molecule has 0 bridgehead atoms. The molecule has 0 saturated heterocycles. The number of amidine groups is 1. The summed E-state index contributed by atoms with van der Waals surface area (Å²) in [6.07, 6.45) is 1.38. The second-order valence-corrected chi connectivity index (χ2v) is 7.00. The number of hydrogen-bond acceptors (Lipinski definition) is 8. The van der Waals surface area contributed by atoms with Gasteiger partial charge in [0.1, 0.15) is 5.37 Å². The van der Waals surface area contributed by atoms with E-state index >= 15 is 0 Å². The fourth-order valence-electron chi connectivity index (χ4n) is 2.56. The summed E-state index contributed by atoms with van der Waals surface area (Å²) in [4.78, 5) is 35.5. The molecule has 2 aromatic rings. The van der Waals surface area contributed by atoms with Crippen LogP contribution in [0, 0.1) is 0 Å². The number of hydrogen-bond donors (Lipinski definition) is 1. The Morgan fingerprint density at radius 2 is 2.03 bits per heavy atom. The minimum atomic E-state index is -0.652. The summed E-state index contributed by atoms with van der Waals surface area (Å²) in [5.74, 6) is -0.594. The van der Waals surface area contributed by atoms with Crippen LogP contribution in [-0.2, 0) is 9.59 Å². The van der Waals surface area contributed by atoms with E-state index < -0.39 is 11.3 Å². The predicted octanol–water partition coefficient (Wildman–Crippen LogP) is 2.90. The Kier molecular flexibility index (Phi) is 6.23. The molecule has 1 N–H and O–H groups in total. The van der Waals surface area contributed by atoms with Gasteiger partial charge in [-0.1, -0.05) is 17.8 Å². The van der Waals surface area contributed by atoms with E-state index in [1.54, 1.807) is 31.2 Å². The van der Waals surface area contributed by atoms with Gasteiger partial charge in [0.05, 0.1) is 12.9 Å². The first-order valence-electron chi connectivity index (χ1n) is 8.74. The lowest BCUT2D eigenvalue weighted by Gasteiger charge is -2.20. The van der Waals surface area contributed by atoms with Crippen LogP contribution in [0.25, 0.3) is 0 Å². The molecule has 0 radical (unpaired) electrons. The van der Waals surface area contributed by atoms with Gasteiger partial charge in [-0.2, -0.15) is 0 Å². The number of hydrazone groups is 1. The van der Waals surface area contributed by atoms with Crippen LogP contribution in [0.1, 0.15) is 42.3 Å². The van der Waals surface area contributed by atoms with Crippen LogP contribution >= 0.6 is 11.8 Å². The summed E-state index contributed by atoms with van der Waals surface area (Å²) in [5, 5.41) is 7.85. The largest absolute Gasteiger partial charge is 0.490 e. The number of carbonyl (C=O) groups is 3. The van der Waals surface area contributed by atoms with Crippen molar-refractivity contribution in [3.05, 3.63) is 47.9 Å². The zero-order valence-corrected chi connectivity index (χ0v) is 16.8. The van der Waals surface area contributed by atoms with Gasteiger partial charge in [0.15, 0.2) is 16.7 Å². The zero-order chi connectivity index (χ0) is 21.0. The minimum Gasteiger partial charge on any atom is -0.490 e. The fraction of sp³-hybridized carbons (Fsp3) is 0.263. The Hall–Kier alpha value is -3.27. The predicted molar refractivity (Wildman–Crippen MR) is 105 cm³/mol. The third kappa shape index (κ3) is 4.77. The molecule has 3 rings (SSSR count). The highest BCUT2D eigenvalue weighted by Gasteiger charge is 2.33. The van der Waals surface area contributed by atoms with Crippen molar-refractivity contribution < 1.29 is 28.3 Å². The smallest absolute Gasteiger partial charge is 0.379 e. The van der Waals surface area contributed by atoms with Crippen LogP contribution in [-0.4, -0.2) is 34.6 Å². The molecule has 1 aromatic heterocycles. The van der Waals surface area contributed by atoms with Gasteiger partial charge in [0, 0.05) is 13.8 Å². The van der Waals surface area contributed by atoms with Gasteiger partial charge in [0.2, 0.25) is 17.6 Å². The maximum absolute atomic E-state index is 12.2. The van der Waals surface area contributed by atoms with Crippen LogP contribution in [0.2, 0.25) is 0 Å². The zero-order valence-electron chi connectivity index (χ0n) is 16.0. The van der Waals surface area contributed by atoms with Gasteiger partial charge in [0.25, 0.3) is 0 Å². The average Bonchev–Trinajstić information content (AvgIpc) is 3.33. The first kappa shape index (κ1) is 20.5. The van der Waals surface area contributed by atoms with E-state index in [0.29, 0.717) is 23.1 Å². The molecule has 152 valence electrons. The minimum absolute atomic E-state index is 0.0685. The van der Waals surface area contributed by atoms with E-state index in [2.05, 4.69) is 10.4 Å². The van der Waals surface area contributed by atoms with E-state index in [1.165, 1.54) is 42.9 Å². The summed E-state index contributed by atoms with van der Waals surface area (Å²) in [7, 11) is 0. The topological polar surface area (TPSA) is 110 Å². The highest BCUT2D eigenvalue weighted by molar-refractivity contribution is 8.14. The van der Waals surface area contributed by atoms with Crippen LogP contribution < -0.4 is 14.8 Å². The quantitative estimate of drug-likeness (QED) is 0.588. The number of benzene rings is 1. The van der Waals surface area contributed by atoms with E-state index in [4.69, 9.17) is 13.9 Å². The number of nitrogens with one attached hydrogen (secondary N) is 1. The molecular formula is C19H19N3O6S. The second kappa shape index (κ2) is 8.82. The highest BCUT2D eigenvalue weighted by atomic mass is 32.2. The van der Waals surface area contributed by atoms with Crippen molar-refractivity contribution in [1.82, 2.24) is 10.3 Å². The molecule has 0 spiro atoms. The molecule has 0 unspecified atom stereocenters. The lowest BCUT2D eigenvalue weighted by atomic mass is 10.2. The first-order valence-corrected chi connectivity index (χ1v) is 9.62. The van der Waals surface area contributed by atoms with Gasteiger partial charge in [-0.05, 0) is 36.8 Å². The molecule has 2 amide bonds. The maximum atomic E-state index is 12.2. The van der Waals surface area contributed by atoms with Gasteiger partial charge < -0.3 is 19.2 Å². The van der Waals surface area contributed by atoms with Crippen LogP contribution in [0.5, 0.6) is 11.5 Å². The molecule has 0 fully saturated rings. The summed E-state index contributed by atoms with van der Waals surface area (Å²) in [6, 6.07) is 8.04. The maximum Gasteiger partial charge on any atom is 0.379 e. The Bertz CT molecular complexity index is 957. The Labute approximate surface area is 171 Å². The molecule has 0 aliphatic carbocycles. The summed E-state index contributed by atoms with van der Waals surface area (Å²) >= 11 is 1.22. The van der Waals surface area contributed by atoms with Crippen molar-refractivity contribution in [2.45, 2.75) is 26.1 Å². The molecule has 10 heteroatoms. The SMILES string of the molecule is CCOc1cc([C@@H]2SC(NC(C)=O)=NN2C(C)=O)ccc1OC(=O)c1ccco1. The number of esters is 1. The number of rotatable bonds is 5. The Morgan fingerprint density at radius 3 is 2.66 bits per heavy atom. The second-order valence-electron chi connectivity index (χ2n) is 5.93.